The fourth-order valence-electron chi connectivity index (χ4n) is 3.17. The van der Waals surface area contributed by atoms with E-state index >= 15 is 0 Å². The average Bonchev–Trinajstić information content (AvgIpc) is 2.58. The molecule has 2 nitrogen and oxygen atoms in total. The van der Waals surface area contributed by atoms with Gasteiger partial charge in [0.15, 0.2) is 0 Å². The van der Waals surface area contributed by atoms with Gasteiger partial charge >= 0.3 is 0 Å². The molecule has 1 aromatic heterocycles. The van der Waals surface area contributed by atoms with Crippen molar-refractivity contribution in [1.82, 2.24) is 4.98 Å². The highest BCUT2D eigenvalue weighted by Crippen LogP contribution is 2.42. The van der Waals surface area contributed by atoms with E-state index in [0.29, 0.717) is 6.10 Å². The van der Waals surface area contributed by atoms with Crippen molar-refractivity contribution in [3.8, 4) is 5.88 Å². The molecule has 2 bridgehead atoms. The Balaban J connectivity index is 1.67. The number of ether oxygens (including phenoxy) is 1. The van der Waals surface area contributed by atoms with E-state index in [-0.39, 0.29) is 0 Å². The van der Waals surface area contributed by atoms with Crippen molar-refractivity contribution in [2.45, 2.75) is 38.2 Å². The van der Waals surface area contributed by atoms with Gasteiger partial charge in [0, 0.05) is 6.07 Å². The molecule has 3 heteroatoms. The summed E-state index contributed by atoms with van der Waals surface area (Å²) in [5, 5.41) is 0. The summed E-state index contributed by atoms with van der Waals surface area (Å²) in [5.41, 5.74) is 0. The first-order chi connectivity index (χ1) is 7.79. The summed E-state index contributed by atoms with van der Waals surface area (Å²) >= 11 is 3.37. The minimum absolute atomic E-state index is 0.396. The van der Waals surface area contributed by atoms with Crippen LogP contribution in [-0.4, -0.2) is 11.1 Å². The third-order valence-electron chi connectivity index (χ3n) is 3.82. The van der Waals surface area contributed by atoms with Gasteiger partial charge in [-0.15, -0.1) is 0 Å². The van der Waals surface area contributed by atoms with Crippen LogP contribution < -0.4 is 4.74 Å². The largest absolute Gasteiger partial charge is 0.474 e. The Hall–Kier alpha value is -0.570. The van der Waals surface area contributed by atoms with Crippen LogP contribution in [0.5, 0.6) is 5.88 Å². The molecule has 0 unspecified atom stereocenters. The Labute approximate surface area is 105 Å². The molecule has 16 heavy (non-hydrogen) atoms. The molecule has 2 fully saturated rings. The molecular formula is C13H16BrNO. The topological polar surface area (TPSA) is 22.1 Å². The Kier molecular flexibility index (Phi) is 2.88. The van der Waals surface area contributed by atoms with Crippen LogP contribution in [-0.2, 0) is 0 Å². The van der Waals surface area contributed by atoms with E-state index in [1.807, 2.05) is 18.2 Å². The standard InChI is InChI=1S/C13H16BrNO/c14-12-2-1-3-13(15-12)16-11-7-9-4-5-10(6-9)8-11/h1-3,9-11H,4-8H2/t9-,10+,11-. The highest BCUT2D eigenvalue weighted by Gasteiger charge is 2.35. The van der Waals surface area contributed by atoms with Crippen molar-refractivity contribution in [2.75, 3.05) is 0 Å². The number of pyridine rings is 1. The van der Waals surface area contributed by atoms with Gasteiger partial charge < -0.3 is 4.74 Å². The zero-order valence-electron chi connectivity index (χ0n) is 9.23. The number of fused-ring (bicyclic) bond motifs is 2. The Bertz CT molecular complexity index is 370. The average molecular weight is 282 g/mol. The highest BCUT2D eigenvalue weighted by atomic mass is 79.9. The molecule has 0 spiro atoms. The van der Waals surface area contributed by atoms with Crippen molar-refractivity contribution < 1.29 is 4.74 Å². The quantitative estimate of drug-likeness (QED) is 0.770. The predicted octanol–water partition coefficient (Wildman–Crippen LogP) is 3.80. The zero-order valence-corrected chi connectivity index (χ0v) is 10.8. The summed E-state index contributed by atoms with van der Waals surface area (Å²) in [7, 11) is 0. The van der Waals surface area contributed by atoms with E-state index in [0.717, 1.165) is 22.3 Å². The first-order valence-corrected chi connectivity index (χ1v) is 6.88. The van der Waals surface area contributed by atoms with E-state index in [1.165, 1.54) is 32.1 Å². The molecule has 2 aliphatic rings. The van der Waals surface area contributed by atoms with Gasteiger partial charge in [0.1, 0.15) is 10.7 Å². The van der Waals surface area contributed by atoms with Crippen molar-refractivity contribution in [3.63, 3.8) is 0 Å². The van der Waals surface area contributed by atoms with Gasteiger partial charge in [0.05, 0.1) is 0 Å². The van der Waals surface area contributed by atoms with Crippen molar-refractivity contribution in [1.29, 1.82) is 0 Å². The summed E-state index contributed by atoms with van der Waals surface area (Å²) < 4.78 is 6.83. The van der Waals surface area contributed by atoms with Gasteiger partial charge in [0.2, 0.25) is 5.88 Å². The molecule has 0 radical (unpaired) electrons. The van der Waals surface area contributed by atoms with Crippen LogP contribution in [0.25, 0.3) is 0 Å². The molecular weight excluding hydrogens is 266 g/mol. The lowest BCUT2D eigenvalue weighted by molar-refractivity contribution is 0.113. The van der Waals surface area contributed by atoms with Gasteiger partial charge in [-0.2, -0.15) is 0 Å². The second kappa shape index (κ2) is 4.36. The van der Waals surface area contributed by atoms with Crippen LogP contribution in [0, 0.1) is 11.8 Å². The molecule has 0 saturated heterocycles. The van der Waals surface area contributed by atoms with E-state index in [1.54, 1.807) is 0 Å². The maximum Gasteiger partial charge on any atom is 0.214 e. The molecule has 1 heterocycles. The van der Waals surface area contributed by atoms with Gasteiger partial charge in [-0.3, -0.25) is 0 Å². The monoisotopic (exact) mass is 281 g/mol. The Morgan fingerprint density at radius 2 is 1.88 bits per heavy atom. The van der Waals surface area contributed by atoms with Gasteiger partial charge in [0.25, 0.3) is 0 Å². The van der Waals surface area contributed by atoms with Crippen molar-refractivity contribution >= 4 is 15.9 Å². The fourth-order valence-corrected chi connectivity index (χ4v) is 3.50. The van der Waals surface area contributed by atoms with E-state index < -0.39 is 0 Å². The third kappa shape index (κ3) is 2.24. The van der Waals surface area contributed by atoms with Crippen LogP contribution in [0.1, 0.15) is 32.1 Å². The maximum absolute atomic E-state index is 5.98. The number of hydrogen-bond donors (Lipinski definition) is 0. The molecule has 2 aliphatic carbocycles. The van der Waals surface area contributed by atoms with Crippen LogP contribution in [0.2, 0.25) is 0 Å². The maximum atomic E-state index is 5.98. The molecule has 0 amide bonds. The summed E-state index contributed by atoms with van der Waals surface area (Å²) in [6.07, 6.45) is 7.11. The predicted molar refractivity (Wildman–Crippen MR) is 66.4 cm³/mol. The molecule has 3 atom stereocenters. The lowest BCUT2D eigenvalue weighted by atomic mass is 9.87. The Morgan fingerprint density at radius 1 is 1.12 bits per heavy atom. The SMILES string of the molecule is Brc1cccc(O[C@@H]2C[C@@H]3CC[C@@H](C3)C2)n1. The van der Waals surface area contributed by atoms with Gasteiger partial charge in [-0.05, 0) is 53.1 Å². The first-order valence-electron chi connectivity index (χ1n) is 6.09. The van der Waals surface area contributed by atoms with Gasteiger partial charge in [-0.25, -0.2) is 4.98 Å². The van der Waals surface area contributed by atoms with Crippen molar-refractivity contribution in [2.24, 2.45) is 11.8 Å². The lowest BCUT2D eigenvalue weighted by Crippen LogP contribution is -2.26. The molecule has 2 saturated carbocycles. The number of aromatic nitrogens is 1. The number of hydrogen-bond acceptors (Lipinski definition) is 2. The van der Waals surface area contributed by atoms with Crippen LogP contribution in [0.4, 0.5) is 0 Å². The minimum Gasteiger partial charge on any atom is -0.474 e. The normalized spacial score (nSPS) is 32.7. The number of halogens is 1. The molecule has 86 valence electrons. The van der Waals surface area contributed by atoms with Crippen LogP contribution >= 0.6 is 15.9 Å². The van der Waals surface area contributed by atoms with E-state index in [9.17, 15) is 0 Å². The molecule has 1 aromatic rings. The van der Waals surface area contributed by atoms with E-state index in [2.05, 4.69) is 20.9 Å². The molecule has 0 N–H and O–H groups in total. The summed E-state index contributed by atoms with van der Waals surface area (Å²) in [4.78, 5) is 4.33. The first kappa shape index (κ1) is 10.6. The number of rotatable bonds is 2. The van der Waals surface area contributed by atoms with Crippen molar-refractivity contribution in [3.05, 3.63) is 22.8 Å². The molecule has 3 rings (SSSR count). The summed E-state index contributed by atoms with van der Waals surface area (Å²) in [5.74, 6) is 2.59. The fraction of sp³-hybridized carbons (Fsp3) is 0.615. The second-order valence-corrected chi connectivity index (χ2v) is 5.87. The zero-order chi connectivity index (χ0) is 11.0. The molecule has 0 aromatic carbocycles. The smallest absolute Gasteiger partial charge is 0.214 e. The van der Waals surface area contributed by atoms with Crippen LogP contribution in [0.15, 0.2) is 22.8 Å². The summed E-state index contributed by atoms with van der Waals surface area (Å²) in [6, 6.07) is 5.85. The minimum atomic E-state index is 0.396. The Morgan fingerprint density at radius 3 is 2.56 bits per heavy atom. The highest BCUT2D eigenvalue weighted by molar-refractivity contribution is 9.10. The second-order valence-electron chi connectivity index (χ2n) is 5.05. The lowest BCUT2D eigenvalue weighted by Gasteiger charge is -2.27. The molecule has 0 aliphatic heterocycles. The number of nitrogens with zero attached hydrogens (tertiary/aromatic N) is 1. The third-order valence-corrected chi connectivity index (χ3v) is 4.26. The summed E-state index contributed by atoms with van der Waals surface area (Å²) in [6.45, 7) is 0. The van der Waals surface area contributed by atoms with Crippen LogP contribution in [0.3, 0.4) is 0 Å². The van der Waals surface area contributed by atoms with Gasteiger partial charge in [-0.1, -0.05) is 18.9 Å². The van der Waals surface area contributed by atoms with E-state index in [4.69, 9.17) is 4.74 Å².